The van der Waals surface area contributed by atoms with E-state index < -0.39 is 0 Å². The molecule has 4 heteroatoms. The molecule has 1 aliphatic heterocycles. The summed E-state index contributed by atoms with van der Waals surface area (Å²) in [5, 5.41) is 3.44. The Morgan fingerprint density at radius 2 is 2.00 bits per heavy atom. The largest absolute Gasteiger partial charge is 0.371 e. The standard InChI is InChI=1S/C14H19ClN2O/c1-10(2)14(18)16-13-6-5-11(9-12(13)15)17-7-3-4-8-17/h5-6,9-10H,3-4,7-8H2,1-2H3,(H,16,18). The average Bonchev–Trinajstić information content (AvgIpc) is 2.85. The van der Waals surface area contributed by atoms with Gasteiger partial charge in [0, 0.05) is 24.7 Å². The monoisotopic (exact) mass is 266 g/mol. The normalized spacial score (nSPS) is 15.2. The minimum atomic E-state index is -0.0423. The fraction of sp³-hybridized carbons (Fsp3) is 0.500. The molecule has 18 heavy (non-hydrogen) atoms. The number of amides is 1. The van der Waals surface area contributed by atoms with Gasteiger partial charge in [0.2, 0.25) is 5.91 Å². The lowest BCUT2D eigenvalue weighted by Crippen LogP contribution is -2.19. The lowest BCUT2D eigenvalue weighted by atomic mass is 10.2. The number of rotatable bonds is 3. The van der Waals surface area contributed by atoms with Gasteiger partial charge in [-0.3, -0.25) is 4.79 Å². The van der Waals surface area contributed by atoms with Crippen LogP contribution >= 0.6 is 11.6 Å². The van der Waals surface area contributed by atoms with Gasteiger partial charge >= 0.3 is 0 Å². The second kappa shape index (κ2) is 5.61. The van der Waals surface area contributed by atoms with Crippen LogP contribution in [-0.4, -0.2) is 19.0 Å². The number of hydrogen-bond acceptors (Lipinski definition) is 2. The van der Waals surface area contributed by atoms with E-state index in [-0.39, 0.29) is 11.8 Å². The summed E-state index contributed by atoms with van der Waals surface area (Å²) in [4.78, 5) is 13.9. The molecule has 0 radical (unpaired) electrons. The van der Waals surface area contributed by atoms with Crippen molar-refractivity contribution in [1.29, 1.82) is 0 Å². The molecule has 0 atom stereocenters. The zero-order valence-corrected chi connectivity index (χ0v) is 11.6. The van der Waals surface area contributed by atoms with Crippen molar-refractivity contribution in [2.24, 2.45) is 5.92 Å². The van der Waals surface area contributed by atoms with Crippen molar-refractivity contribution >= 4 is 28.9 Å². The van der Waals surface area contributed by atoms with E-state index in [4.69, 9.17) is 11.6 Å². The summed E-state index contributed by atoms with van der Waals surface area (Å²) < 4.78 is 0. The van der Waals surface area contributed by atoms with E-state index in [2.05, 4.69) is 10.2 Å². The summed E-state index contributed by atoms with van der Waals surface area (Å²) in [5.74, 6) is -0.0508. The predicted molar refractivity (Wildman–Crippen MR) is 76.4 cm³/mol. The highest BCUT2D eigenvalue weighted by Gasteiger charge is 2.14. The number of anilines is 2. The Bertz CT molecular complexity index is 439. The molecule has 1 fully saturated rings. The molecule has 0 aliphatic carbocycles. The van der Waals surface area contributed by atoms with E-state index in [9.17, 15) is 4.79 Å². The van der Waals surface area contributed by atoms with Gasteiger partial charge in [0.25, 0.3) is 0 Å². The number of carbonyl (C=O) groups excluding carboxylic acids is 1. The van der Waals surface area contributed by atoms with Crippen molar-refractivity contribution in [3.05, 3.63) is 23.2 Å². The van der Waals surface area contributed by atoms with Gasteiger partial charge in [-0.05, 0) is 31.0 Å². The first-order valence-corrected chi connectivity index (χ1v) is 6.81. The molecule has 2 rings (SSSR count). The van der Waals surface area contributed by atoms with Crippen molar-refractivity contribution < 1.29 is 4.79 Å². The zero-order chi connectivity index (χ0) is 13.1. The molecule has 0 bridgehead atoms. The summed E-state index contributed by atoms with van der Waals surface area (Å²) in [6, 6.07) is 5.84. The Balaban J connectivity index is 2.12. The number of nitrogens with one attached hydrogen (secondary N) is 1. The molecular formula is C14H19ClN2O. The Morgan fingerprint density at radius 1 is 1.33 bits per heavy atom. The SMILES string of the molecule is CC(C)C(=O)Nc1ccc(N2CCCC2)cc1Cl. The van der Waals surface area contributed by atoms with Gasteiger partial charge in [-0.2, -0.15) is 0 Å². The molecular weight excluding hydrogens is 248 g/mol. The maximum absolute atomic E-state index is 11.6. The first kappa shape index (κ1) is 13.2. The third-order valence-electron chi connectivity index (χ3n) is 3.21. The highest BCUT2D eigenvalue weighted by Crippen LogP contribution is 2.29. The number of hydrogen-bond donors (Lipinski definition) is 1. The van der Waals surface area contributed by atoms with Gasteiger partial charge in [0.1, 0.15) is 0 Å². The maximum Gasteiger partial charge on any atom is 0.226 e. The van der Waals surface area contributed by atoms with E-state index >= 15 is 0 Å². The minimum Gasteiger partial charge on any atom is -0.371 e. The van der Waals surface area contributed by atoms with E-state index in [0.717, 1.165) is 18.8 Å². The van der Waals surface area contributed by atoms with Gasteiger partial charge in [0.05, 0.1) is 10.7 Å². The Morgan fingerprint density at radius 3 is 2.56 bits per heavy atom. The van der Waals surface area contributed by atoms with Crippen molar-refractivity contribution in [3.63, 3.8) is 0 Å². The highest BCUT2D eigenvalue weighted by atomic mass is 35.5. The topological polar surface area (TPSA) is 32.3 Å². The van der Waals surface area contributed by atoms with Crippen LogP contribution in [0.5, 0.6) is 0 Å². The first-order valence-electron chi connectivity index (χ1n) is 6.43. The van der Waals surface area contributed by atoms with Gasteiger partial charge in [-0.15, -0.1) is 0 Å². The fourth-order valence-corrected chi connectivity index (χ4v) is 2.28. The quantitative estimate of drug-likeness (QED) is 0.908. The molecule has 1 aromatic rings. The Labute approximate surface area is 113 Å². The highest BCUT2D eigenvalue weighted by molar-refractivity contribution is 6.34. The van der Waals surface area contributed by atoms with Crippen LogP contribution in [0.1, 0.15) is 26.7 Å². The number of benzene rings is 1. The molecule has 0 saturated carbocycles. The molecule has 0 spiro atoms. The smallest absolute Gasteiger partial charge is 0.226 e. The lowest BCUT2D eigenvalue weighted by Gasteiger charge is -2.19. The lowest BCUT2D eigenvalue weighted by molar-refractivity contribution is -0.118. The molecule has 98 valence electrons. The molecule has 1 aromatic carbocycles. The van der Waals surface area contributed by atoms with E-state index in [1.807, 2.05) is 32.0 Å². The van der Waals surface area contributed by atoms with E-state index in [0.29, 0.717) is 10.7 Å². The maximum atomic E-state index is 11.6. The second-order valence-corrected chi connectivity index (χ2v) is 5.41. The van der Waals surface area contributed by atoms with E-state index in [1.165, 1.54) is 12.8 Å². The van der Waals surface area contributed by atoms with Crippen LogP contribution in [0.2, 0.25) is 5.02 Å². The third kappa shape index (κ3) is 2.96. The van der Waals surface area contributed by atoms with Crippen LogP contribution < -0.4 is 10.2 Å². The average molecular weight is 267 g/mol. The summed E-state index contributed by atoms with van der Waals surface area (Å²) >= 11 is 6.22. The van der Waals surface area contributed by atoms with E-state index in [1.54, 1.807) is 0 Å². The third-order valence-corrected chi connectivity index (χ3v) is 3.52. The molecule has 1 amide bonds. The zero-order valence-electron chi connectivity index (χ0n) is 10.9. The molecule has 1 saturated heterocycles. The van der Waals surface area contributed by atoms with Crippen LogP contribution in [0.15, 0.2) is 18.2 Å². The number of carbonyl (C=O) groups is 1. The Kier molecular flexibility index (Phi) is 4.12. The molecule has 3 nitrogen and oxygen atoms in total. The van der Waals surface area contributed by atoms with Crippen LogP contribution in [0, 0.1) is 5.92 Å². The first-order chi connectivity index (χ1) is 8.58. The van der Waals surface area contributed by atoms with Crippen LogP contribution in [0.3, 0.4) is 0 Å². The molecule has 0 aromatic heterocycles. The van der Waals surface area contributed by atoms with Crippen LogP contribution in [-0.2, 0) is 4.79 Å². The molecule has 1 heterocycles. The summed E-state index contributed by atoms with van der Waals surface area (Å²) in [7, 11) is 0. The second-order valence-electron chi connectivity index (χ2n) is 5.00. The van der Waals surface area contributed by atoms with Gasteiger partial charge in [0.15, 0.2) is 0 Å². The fourth-order valence-electron chi connectivity index (χ4n) is 2.05. The van der Waals surface area contributed by atoms with Crippen LogP contribution in [0.4, 0.5) is 11.4 Å². The molecule has 0 unspecified atom stereocenters. The summed E-state index contributed by atoms with van der Waals surface area (Å²) in [6.45, 7) is 5.91. The van der Waals surface area contributed by atoms with Crippen LogP contribution in [0.25, 0.3) is 0 Å². The minimum absolute atomic E-state index is 0.00850. The van der Waals surface area contributed by atoms with Crippen molar-refractivity contribution in [3.8, 4) is 0 Å². The van der Waals surface area contributed by atoms with Crippen molar-refractivity contribution in [1.82, 2.24) is 0 Å². The summed E-state index contributed by atoms with van der Waals surface area (Å²) in [5.41, 5.74) is 1.83. The predicted octanol–water partition coefficient (Wildman–Crippen LogP) is 3.53. The Hall–Kier alpha value is -1.22. The summed E-state index contributed by atoms with van der Waals surface area (Å²) in [6.07, 6.45) is 2.48. The van der Waals surface area contributed by atoms with Crippen molar-refractivity contribution in [2.45, 2.75) is 26.7 Å². The van der Waals surface area contributed by atoms with Gasteiger partial charge in [-0.25, -0.2) is 0 Å². The van der Waals surface area contributed by atoms with Crippen molar-refractivity contribution in [2.75, 3.05) is 23.3 Å². The number of nitrogens with zero attached hydrogens (tertiary/aromatic N) is 1. The molecule has 1 N–H and O–H groups in total. The number of halogens is 1. The van der Waals surface area contributed by atoms with Gasteiger partial charge in [-0.1, -0.05) is 25.4 Å². The van der Waals surface area contributed by atoms with Gasteiger partial charge < -0.3 is 10.2 Å². The molecule has 1 aliphatic rings.